The monoisotopic (exact) mass is 206 g/mol. The van der Waals surface area contributed by atoms with Gasteiger partial charge in [0.25, 0.3) is 0 Å². The topological polar surface area (TPSA) is 62.2 Å². The van der Waals surface area contributed by atoms with Crippen molar-refractivity contribution in [2.45, 2.75) is 25.8 Å². The Labute approximate surface area is 88.3 Å². The summed E-state index contributed by atoms with van der Waals surface area (Å²) in [7, 11) is 0. The number of hydrogen-bond acceptors (Lipinski definition) is 3. The summed E-state index contributed by atoms with van der Waals surface area (Å²) in [6, 6.07) is 3.87. The minimum absolute atomic E-state index is 0.0902. The molecule has 0 saturated heterocycles. The summed E-state index contributed by atoms with van der Waals surface area (Å²) in [5.41, 5.74) is 0.937. The summed E-state index contributed by atoms with van der Waals surface area (Å²) >= 11 is 0. The van der Waals surface area contributed by atoms with E-state index >= 15 is 0 Å². The summed E-state index contributed by atoms with van der Waals surface area (Å²) in [5.74, 6) is -0.205. The molecule has 1 aliphatic carbocycles. The molecule has 2 rings (SSSR count). The van der Waals surface area contributed by atoms with Gasteiger partial charge in [-0.05, 0) is 30.9 Å². The van der Waals surface area contributed by atoms with Crippen LogP contribution in [0.4, 0.5) is 5.69 Å². The Balaban J connectivity index is 2.02. The number of nitrogens with zero attached hydrogens (tertiary/aromatic N) is 1. The van der Waals surface area contributed by atoms with Gasteiger partial charge in [-0.25, -0.2) is 9.78 Å². The highest BCUT2D eigenvalue weighted by Crippen LogP contribution is 2.29. The van der Waals surface area contributed by atoms with Gasteiger partial charge in [-0.1, -0.05) is 6.92 Å². The summed E-state index contributed by atoms with van der Waals surface area (Å²) < 4.78 is 0. The van der Waals surface area contributed by atoms with E-state index in [-0.39, 0.29) is 5.69 Å². The molecule has 1 fully saturated rings. The Morgan fingerprint density at radius 1 is 1.60 bits per heavy atom. The van der Waals surface area contributed by atoms with Crippen LogP contribution < -0.4 is 5.32 Å². The van der Waals surface area contributed by atoms with Gasteiger partial charge >= 0.3 is 5.97 Å². The lowest BCUT2D eigenvalue weighted by molar-refractivity contribution is 0.0690. The molecule has 0 aliphatic heterocycles. The van der Waals surface area contributed by atoms with Gasteiger partial charge in [-0.2, -0.15) is 0 Å². The quantitative estimate of drug-likeness (QED) is 0.793. The molecule has 4 heteroatoms. The van der Waals surface area contributed by atoms with Crippen LogP contribution >= 0.6 is 0 Å². The Hall–Kier alpha value is -1.58. The normalized spacial score (nSPS) is 24.3. The molecule has 0 atom stereocenters. The summed E-state index contributed by atoms with van der Waals surface area (Å²) in [6.07, 6.45) is 3.84. The second-order valence-corrected chi connectivity index (χ2v) is 4.15. The van der Waals surface area contributed by atoms with Crippen LogP contribution in [0.1, 0.15) is 30.3 Å². The van der Waals surface area contributed by atoms with Crippen molar-refractivity contribution in [3.8, 4) is 0 Å². The fraction of sp³-hybridized carbons (Fsp3) is 0.455. The third kappa shape index (κ3) is 2.26. The lowest BCUT2D eigenvalue weighted by Crippen LogP contribution is -2.33. The fourth-order valence-electron chi connectivity index (χ4n) is 1.89. The number of aromatic carboxylic acids is 1. The molecular weight excluding hydrogens is 192 g/mol. The molecule has 0 spiro atoms. The number of hydrogen-bond donors (Lipinski definition) is 2. The first kappa shape index (κ1) is 9.96. The molecule has 1 aromatic heterocycles. The highest BCUT2D eigenvalue weighted by atomic mass is 16.4. The Morgan fingerprint density at radius 3 is 2.93 bits per heavy atom. The van der Waals surface area contributed by atoms with E-state index in [1.54, 1.807) is 12.1 Å². The molecular formula is C11H14N2O2. The number of anilines is 1. The maximum atomic E-state index is 10.7. The van der Waals surface area contributed by atoms with Crippen LogP contribution in [-0.4, -0.2) is 22.1 Å². The van der Waals surface area contributed by atoms with E-state index in [9.17, 15) is 4.79 Å². The van der Waals surface area contributed by atoms with Crippen LogP contribution in [0.2, 0.25) is 0 Å². The predicted molar refractivity (Wildman–Crippen MR) is 57.0 cm³/mol. The second kappa shape index (κ2) is 3.88. The van der Waals surface area contributed by atoms with Crippen molar-refractivity contribution >= 4 is 11.7 Å². The van der Waals surface area contributed by atoms with Crippen molar-refractivity contribution in [3.05, 3.63) is 24.0 Å². The molecule has 4 nitrogen and oxygen atoms in total. The number of carboxylic acids is 1. The zero-order chi connectivity index (χ0) is 10.8. The number of rotatable bonds is 3. The van der Waals surface area contributed by atoms with E-state index in [0.29, 0.717) is 6.04 Å². The molecule has 0 amide bonds. The molecule has 2 N–H and O–H groups in total. The SMILES string of the molecule is CC1CC(Nc2ccnc(C(=O)O)c2)C1. The average Bonchev–Trinajstić information content (AvgIpc) is 2.16. The van der Waals surface area contributed by atoms with Crippen LogP contribution in [-0.2, 0) is 0 Å². The van der Waals surface area contributed by atoms with Gasteiger partial charge < -0.3 is 10.4 Å². The number of aromatic nitrogens is 1. The first-order chi connectivity index (χ1) is 7.15. The van der Waals surface area contributed by atoms with Crippen molar-refractivity contribution < 1.29 is 9.90 Å². The predicted octanol–water partition coefficient (Wildman–Crippen LogP) is 1.99. The number of nitrogens with one attached hydrogen (secondary N) is 1. The van der Waals surface area contributed by atoms with Crippen molar-refractivity contribution in [2.75, 3.05) is 5.32 Å². The Kier molecular flexibility index (Phi) is 2.58. The first-order valence-electron chi connectivity index (χ1n) is 5.11. The summed E-state index contributed by atoms with van der Waals surface area (Å²) in [5, 5.41) is 12.1. The Morgan fingerprint density at radius 2 is 2.33 bits per heavy atom. The summed E-state index contributed by atoms with van der Waals surface area (Å²) in [6.45, 7) is 2.22. The van der Waals surface area contributed by atoms with Gasteiger partial charge in [0.1, 0.15) is 5.69 Å². The highest BCUT2D eigenvalue weighted by Gasteiger charge is 2.24. The van der Waals surface area contributed by atoms with E-state index in [0.717, 1.165) is 24.4 Å². The number of carbonyl (C=O) groups is 1. The third-order valence-electron chi connectivity index (χ3n) is 2.72. The van der Waals surface area contributed by atoms with Crippen LogP contribution in [0.3, 0.4) is 0 Å². The standard InChI is InChI=1S/C11H14N2O2/c1-7-4-9(5-7)13-8-2-3-12-10(6-8)11(14)15/h2-3,6-7,9H,4-5H2,1H3,(H,12,13)(H,14,15). The van der Waals surface area contributed by atoms with Gasteiger partial charge in [0.2, 0.25) is 0 Å². The number of pyridine rings is 1. The van der Waals surface area contributed by atoms with Crippen molar-refractivity contribution in [3.63, 3.8) is 0 Å². The van der Waals surface area contributed by atoms with Gasteiger partial charge in [0.05, 0.1) is 0 Å². The zero-order valence-electron chi connectivity index (χ0n) is 8.60. The minimum Gasteiger partial charge on any atom is -0.477 e. The molecule has 0 bridgehead atoms. The highest BCUT2D eigenvalue weighted by molar-refractivity contribution is 5.86. The molecule has 15 heavy (non-hydrogen) atoms. The molecule has 1 saturated carbocycles. The first-order valence-corrected chi connectivity index (χ1v) is 5.11. The maximum absolute atomic E-state index is 10.7. The second-order valence-electron chi connectivity index (χ2n) is 4.15. The number of carboxylic acid groups (broad SMARTS) is 1. The van der Waals surface area contributed by atoms with Gasteiger partial charge in [0, 0.05) is 17.9 Å². The van der Waals surface area contributed by atoms with E-state index < -0.39 is 5.97 Å². The molecule has 1 aliphatic rings. The molecule has 0 radical (unpaired) electrons. The van der Waals surface area contributed by atoms with Gasteiger partial charge in [-0.15, -0.1) is 0 Å². The van der Waals surface area contributed by atoms with Crippen LogP contribution in [0.25, 0.3) is 0 Å². The fourth-order valence-corrected chi connectivity index (χ4v) is 1.89. The Bertz CT molecular complexity index is 373. The minimum atomic E-state index is -0.986. The van der Waals surface area contributed by atoms with Crippen molar-refractivity contribution in [2.24, 2.45) is 5.92 Å². The van der Waals surface area contributed by atoms with Crippen LogP contribution in [0, 0.1) is 5.92 Å². The largest absolute Gasteiger partial charge is 0.477 e. The smallest absolute Gasteiger partial charge is 0.354 e. The maximum Gasteiger partial charge on any atom is 0.354 e. The lowest BCUT2D eigenvalue weighted by Gasteiger charge is -2.34. The van der Waals surface area contributed by atoms with Crippen molar-refractivity contribution in [1.82, 2.24) is 4.98 Å². The van der Waals surface area contributed by atoms with Crippen molar-refractivity contribution in [1.29, 1.82) is 0 Å². The molecule has 1 aromatic rings. The van der Waals surface area contributed by atoms with E-state index in [1.807, 2.05) is 0 Å². The van der Waals surface area contributed by atoms with Crippen LogP contribution in [0.5, 0.6) is 0 Å². The zero-order valence-corrected chi connectivity index (χ0v) is 8.60. The molecule has 1 heterocycles. The van der Waals surface area contributed by atoms with Gasteiger partial charge in [0.15, 0.2) is 0 Å². The van der Waals surface area contributed by atoms with E-state index in [4.69, 9.17) is 5.11 Å². The van der Waals surface area contributed by atoms with E-state index in [2.05, 4.69) is 17.2 Å². The lowest BCUT2D eigenvalue weighted by atomic mass is 9.82. The van der Waals surface area contributed by atoms with Gasteiger partial charge in [-0.3, -0.25) is 0 Å². The van der Waals surface area contributed by atoms with Crippen LogP contribution in [0.15, 0.2) is 18.3 Å². The average molecular weight is 206 g/mol. The third-order valence-corrected chi connectivity index (χ3v) is 2.72. The molecule has 80 valence electrons. The van der Waals surface area contributed by atoms with E-state index in [1.165, 1.54) is 6.20 Å². The summed E-state index contributed by atoms with van der Waals surface area (Å²) in [4.78, 5) is 14.4. The molecule has 0 aromatic carbocycles. The molecule has 0 unspecified atom stereocenters.